The van der Waals surface area contributed by atoms with Crippen LogP contribution in [-0.2, 0) is 20.4 Å². The van der Waals surface area contributed by atoms with Crippen LogP contribution in [0.1, 0.15) is 31.9 Å². The van der Waals surface area contributed by atoms with Crippen LogP contribution in [-0.4, -0.2) is 23.5 Å². The normalized spacial score (nSPS) is 13.8. The Morgan fingerprint density at radius 1 is 1.00 bits per heavy atom. The van der Waals surface area contributed by atoms with Crippen molar-refractivity contribution in [3.05, 3.63) is 71.5 Å². The average Bonchev–Trinajstić information content (AvgIpc) is 2.60. The first-order valence-corrected chi connectivity index (χ1v) is 8.02. The summed E-state index contributed by atoms with van der Waals surface area (Å²) < 4.78 is 14.0. The van der Waals surface area contributed by atoms with Crippen LogP contribution in [0.15, 0.2) is 54.6 Å². The maximum atomic E-state index is 14.0. The predicted octanol–water partition coefficient (Wildman–Crippen LogP) is 3.26. The van der Waals surface area contributed by atoms with Gasteiger partial charge in [-0.25, -0.2) is 4.39 Å². The Labute approximate surface area is 146 Å². The molecule has 0 aliphatic rings. The largest absolute Gasteiger partial charge is 0.481 e. The molecule has 1 amide bonds. The Morgan fingerprint density at radius 3 is 2.12 bits per heavy atom. The van der Waals surface area contributed by atoms with Crippen molar-refractivity contribution in [3.8, 4) is 0 Å². The van der Waals surface area contributed by atoms with E-state index in [1.54, 1.807) is 69.3 Å². The molecule has 4 nitrogen and oxygen atoms in total. The van der Waals surface area contributed by atoms with Crippen molar-refractivity contribution in [3.63, 3.8) is 0 Å². The summed E-state index contributed by atoms with van der Waals surface area (Å²) in [6, 6.07) is 14.8. The molecule has 0 saturated heterocycles. The van der Waals surface area contributed by atoms with Gasteiger partial charge in [-0.05, 0) is 32.4 Å². The summed E-state index contributed by atoms with van der Waals surface area (Å²) in [7, 11) is 0. The molecule has 0 spiro atoms. The fraction of sp³-hybridized carbons (Fsp3) is 0.300. The van der Waals surface area contributed by atoms with Gasteiger partial charge in [0, 0.05) is 12.1 Å². The standard InChI is InChI=1S/C20H22FNO3/c1-19(2,15-11-7-8-12-16(15)21)17(23)22-13-20(3,18(24)25)14-9-5-4-6-10-14/h4-12H,13H2,1-3H3,(H,22,23)(H,24,25). The SMILES string of the molecule is CC(C)(C(=O)NCC(C)(C(=O)O)c1ccccc1)c1ccccc1F. The van der Waals surface area contributed by atoms with Crippen molar-refractivity contribution in [2.45, 2.75) is 31.6 Å². The van der Waals surface area contributed by atoms with Crippen molar-refractivity contribution in [1.29, 1.82) is 0 Å². The molecule has 0 aliphatic heterocycles. The number of nitrogens with one attached hydrogen (secondary N) is 1. The second-order valence-electron chi connectivity index (χ2n) is 6.79. The van der Waals surface area contributed by atoms with E-state index in [1.807, 2.05) is 0 Å². The molecule has 0 radical (unpaired) electrons. The molecule has 2 aromatic rings. The maximum Gasteiger partial charge on any atom is 0.315 e. The quantitative estimate of drug-likeness (QED) is 0.846. The van der Waals surface area contributed by atoms with Gasteiger partial charge in [0.25, 0.3) is 0 Å². The molecule has 0 bridgehead atoms. The number of carbonyl (C=O) groups is 2. The highest BCUT2D eigenvalue weighted by molar-refractivity contribution is 5.89. The van der Waals surface area contributed by atoms with Crippen molar-refractivity contribution in [2.75, 3.05) is 6.54 Å². The van der Waals surface area contributed by atoms with Crippen LogP contribution in [0, 0.1) is 5.82 Å². The van der Waals surface area contributed by atoms with Gasteiger partial charge in [0.15, 0.2) is 0 Å². The van der Waals surface area contributed by atoms with E-state index in [0.717, 1.165) is 0 Å². The monoisotopic (exact) mass is 343 g/mol. The number of halogens is 1. The lowest BCUT2D eigenvalue weighted by Crippen LogP contribution is -2.49. The Morgan fingerprint density at radius 2 is 1.56 bits per heavy atom. The lowest BCUT2D eigenvalue weighted by molar-refractivity contribution is -0.143. The van der Waals surface area contributed by atoms with E-state index in [2.05, 4.69) is 5.32 Å². The van der Waals surface area contributed by atoms with Gasteiger partial charge in [0.05, 0.1) is 5.41 Å². The molecule has 1 unspecified atom stereocenters. The Balaban J connectivity index is 2.22. The van der Waals surface area contributed by atoms with Crippen molar-refractivity contribution in [1.82, 2.24) is 5.32 Å². The number of carboxylic acids is 1. The molecule has 2 N–H and O–H groups in total. The van der Waals surface area contributed by atoms with Gasteiger partial charge in [0.2, 0.25) is 5.91 Å². The van der Waals surface area contributed by atoms with Gasteiger partial charge in [-0.3, -0.25) is 9.59 Å². The molecule has 2 aromatic carbocycles. The average molecular weight is 343 g/mol. The van der Waals surface area contributed by atoms with Crippen LogP contribution >= 0.6 is 0 Å². The second kappa shape index (κ2) is 7.05. The molecule has 25 heavy (non-hydrogen) atoms. The minimum absolute atomic E-state index is 0.0942. The summed E-state index contributed by atoms with van der Waals surface area (Å²) in [4.78, 5) is 24.4. The van der Waals surface area contributed by atoms with Crippen LogP contribution in [0.2, 0.25) is 0 Å². The van der Waals surface area contributed by atoms with Crippen molar-refractivity contribution in [2.24, 2.45) is 0 Å². The summed E-state index contributed by atoms with van der Waals surface area (Å²) in [6.45, 7) is 4.69. The molecule has 2 rings (SSSR count). The highest BCUT2D eigenvalue weighted by atomic mass is 19.1. The minimum Gasteiger partial charge on any atom is -0.481 e. The van der Waals surface area contributed by atoms with E-state index in [1.165, 1.54) is 6.07 Å². The lowest BCUT2D eigenvalue weighted by atomic mass is 9.80. The first-order chi connectivity index (χ1) is 11.7. The Hall–Kier alpha value is -2.69. The van der Waals surface area contributed by atoms with Gasteiger partial charge in [0.1, 0.15) is 11.2 Å². The molecule has 0 fully saturated rings. The number of hydrogen-bond donors (Lipinski definition) is 2. The second-order valence-corrected chi connectivity index (χ2v) is 6.79. The van der Waals surface area contributed by atoms with Crippen LogP contribution in [0.25, 0.3) is 0 Å². The van der Waals surface area contributed by atoms with Gasteiger partial charge in [-0.1, -0.05) is 48.5 Å². The highest BCUT2D eigenvalue weighted by Crippen LogP contribution is 2.27. The number of carboxylic acid groups (broad SMARTS) is 1. The number of hydrogen-bond acceptors (Lipinski definition) is 2. The molecule has 1 atom stereocenters. The molecule has 0 aliphatic carbocycles. The summed E-state index contributed by atoms with van der Waals surface area (Å²) in [5, 5.41) is 12.3. The molecule has 132 valence electrons. The van der Waals surface area contributed by atoms with E-state index in [-0.39, 0.29) is 12.1 Å². The third kappa shape index (κ3) is 3.71. The fourth-order valence-electron chi connectivity index (χ4n) is 2.68. The summed E-state index contributed by atoms with van der Waals surface area (Å²) in [6.07, 6.45) is 0. The zero-order valence-electron chi connectivity index (χ0n) is 14.5. The predicted molar refractivity (Wildman–Crippen MR) is 93.9 cm³/mol. The zero-order chi connectivity index (χ0) is 18.7. The van der Waals surface area contributed by atoms with E-state index < -0.39 is 28.5 Å². The third-order valence-corrected chi connectivity index (χ3v) is 4.60. The number of benzene rings is 2. The molecular formula is C20H22FNO3. The first-order valence-electron chi connectivity index (χ1n) is 8.02. The number of rotatable bonds is 6. The topological polar surface area (TPSA) is 66.4 Å². The van der Waals surface area contributed by atoms with Gasteiger partial charge in [-0.2, -0.15) is 0 Å². The smallest absolute Gasteiger partial charge is 0.315 e. The molecule has 0 aromatic heterocycles. The van der Waals surface area contributed by atoms with Gasteiger partial charge >= 0.3 is 5.97 Å². The van der Waals surface area contributed by atoms with E-state index in [9.17, 15) is 19.1 Å². The molecule has 0 heterocycles. The van der Waals surface area contributed by atoms with Crippen LogP contribution in [0.4, 0.5) is 4.39 Å². The van der Waals surface area contributed by atoms with Crippen LogP contribution in [0.5, 0.6) is 0 Å². The van der Waals surface area contributed by atoms with Crippen LogP contribution in [0.3, 0.4) is 0 Å². The fourth-order valence-corrected chi connectivity index (χ4v) is 2.68. The van der Waals surface area contributed by atoms with E-state index in [0.29, 0.717) is 5.56 Å². The third-order valence-electron chi connectivity index (χ3n) is 4.60. The van der Waals surface area contributed by atoms with E-state index in [4.69, 9.17) is 0 Å². The first kappa shape index (κ1) is 18.6. The maximum absolute atomic E-state index is 14.0. The molecular weight excluding hydrogens is 321 g/mol. The van der Waals surface area contributed by atoms with Crippen molar-refractivity contribution >= 4 is 11.9 Å². The number of aliphatic carboxylic acids is 1. The summed E-state index contributed by atoms with van der Waals surface area (Å²) in [5.74, 6) is -1.93. The summed E-state index contributed by atoms with van der Waals surface area (Å²) in [5.41, 5.74) is -1.54. The van der Waals surface area contributed by atoms with Crippen molar-refractivity contribution < 1.29 is 19.1 Å². The highest BCUT2D eigenvalue weighted by Gasteiger charge is 2.38. The van der Waals surface area contributed by atoms with E-state index >= 15 is 0 Å². The number of carbonyl (C=O) groups excluding carboxylic acids is 1. The Kier molecular flexibility index (Phi) is 5.26. The molecule has 5 heteroatoms. The van der Waals surface area contributed by atoms with Crippen LogP contribution < -0.4 is 5.32 Å². The zero-order valence-corrected chi connectivity index (χ0v) is 14.5. The Bertz CT molecular complexity index is 774. The minimum atomic E-state index is -1.28. The lowest BCUT2D eigenvalue weighted by Gasteiger charge is -2.29. The molecule has 0 saturated carbocycles. The van der Waals surface area contributed by atoms with Gasteiger partial charge < -0.3 is 10.4 Å². The van der Waals surface area contributed by atoms with Gasteiger partial charge in [-0.15, -0.1) is 0 Å². The summed E-state index contributed by atoms with van der Waals surface area (Å²) >= 11 is 0. The number of amides is 1.